The maximum atomic E-state index is 6.10. The monoisotopic (exact) mass is 307 g/mol. The van der Waals surface area contributed by atoms with E-state index in [9.17, 15) is 0 Å². The van der Waals surface area contributed by atoms with Gasteiger partial charge in [0.15, 0.2) is 0 Å². The average molecular weight is 308 g/mol. The first-order chi connectivity index (χ1) is 9.19. The molecule has 0 bridgehead atoms. The molecule has 2 unspecified atom stereocenters. The zero-order valence-electron chi connectivity index (χ0n) is 11.4. The molecular formula is C13H22ClNO3S. The van der Waals surface area contributed by atoms with Crippen molar-refractivity contribution in [1.82, 2.24) is 0 Å². The van der Waals surface area contributed by atoms with Crippen LogP contribution in [0, 0.1) is 0 Å². The van der Waals surface area contributed by atoms with Crippen molar-refractivity contribution in [3.63, 3.8) is 0 Å². The summed E-state index contributed by atoms with van der Waals surface area (Å²) in [7, 11) is 1.65. The molecule has 19 heavy (non-hydrogen) atoms. The van der Waals surface area contributed by atoms with Crippen LogP contribution in [-0.2, 0) is 14.2 Å². The number of hydrogen-bond acceptors (Lipinski definition) is 5. The standard InChI is InChI=1S/C13H22ClNO3S/c1-3-10(15)13(11-4-5-12(14)19-11)18-9-8-17-7-6-16-2/h4-5,10,13H,3,6-9,15H2,1-2H3. The van der Waals surface area contributed by atoms with Crippen LogP contribution in [0.5, 0.6) is 0 Å². The normalized spacial score (nSPS) is 14.5. The van der Waals surface area contributed by atoms with Gasteiger partial charge in [0.2, 0.25) is 0 Å². The van der Waals surface area contributed by atoms with Gasteiger partial charge in [-0.2, -0.15) is 0 Å². The Bertz CT molecular complexity index is 348. The van der Waals surface area contributed by atoms with Crippen molar-refractivity contribution in [3.05, 3.63) is 21.3 Å². The van der Waals surface area contributed by atoms with Crippen LogP contribution in [0.25, 0.3) is 0 Å². The zero-order valence-corrected chi connectivity index (χ0v) is 13.0. The number of hydrogen-bond donors (Lipinski definition) is 1. The first-order valence-electron chi connectivity index (χ1n) is 6.38. The molecule has 2 N–H and O–H groups in total. The minimum absolute atomic E-state index is 0.0336. The van der Waals surface area contributed by atoms with Gasteiger partial charge in [-0.3, -0.25) is 0 Å². The van der Waals surface area contributed by atoms with Crippen molar-refractivity contribution in [3.8, 4) is 0 Å². The Balaban J connectivity index is 2.39. The second kappa shape index (κ2) is 9.69. The Kier molecular flexibility index (Phi) is 8.61. The number of nitrogens with two attached hydrogens (primary N) is 1. The number of thiophene rings is 1. The number of methoxy groups -OCH3 is 1. The van der Waals surface area contributed by atoms with Crippen molar-refractivity contribution in [1.29, 1.82) is 0 Å². The van der Waals surface area contributed by atoms with Gasteiger partial charge in [-0.05, 0) is 18.6 Å². The van der Waals surface area contributed by atoms with E-state index in [1.54, 1.807) is 7.11 Å². The van der Waals surface area contributed by atoms with Crippen molar-refractivity contribution in [2.24, 2.45) is 5.73 Å². The van der Waals surface area contributed by atoms with Gasteiger partial charge in [-0.15, -0.1) is 11.3 Å². The van der Waals surface area contributed by atoms with Crippen LogP contribution in [0.2, 0.25) is 4.34 Å². The molecule has 0 radical (unpaired) electrons. The van der Waals surface area contributed by atoms with E-state index < -0.39 is 0 Å². The summed E-state index contributed by atoms with van der Waals surface area (Å²) in [6.45, 7) is 4.27. The highest BCUT2D eigenvalue weighted by molar-refractivity contribution is 7.16. The Morgan fingerprint density at radius 2 is 2.00 bits per heavy atom. The first-order valence-corrected chi connectivity index (χ1v) is 7.57. The van der Waals surface area contributed by atoms with Gasteiger partial charge < -0.3 is 19.9 Å². The molecule has 0 saturated carbocycles. The van der Waals surface area contributed by atoms with Crippen LogP contribution < -0.4 is 5.73 Å². The second-order valence-electron chi connectivity index (χ2n) is 4.11. The van der Waals surface area contributed by atoms with Crippen LogP contribution in [0.1, 0.15) is 24.3 Å². The lowest BCUT2D eigenvalue weighted by Gasteiger charge is -2.22. The lowest BCUT2D eigenvalue weighted by atomic mass is 10.1. The highest BCUT2D eigenvalue weighted by Crippen LogP contribution is 2.31. The van der Waals surface area contributed by atoms with E-state index in [1.165, 1.54) is 11.3 Å². The third kappa shape index (κ3) is 6.21. The summed E-state index contributed by atoms with van der Waals surface area (Å²) in [5.41, 5.74) is 6.10. The maximum Gasteiger partial charge on any atom is 0.107 e. The van der Waals surface area contributed by atoms with E-state index in [0.29, 0.717) is 26.4 Å². The Morgan fingerprint density at radius 3 is 2.58 bits per heavy atom. The molecule has 1 heterocycles. The summed E-state index contributed by atoms with van der Waals surface area (Å²) in [5, 5.41) is 0. The maximum absolute atomic E-state index is 6.10. The summed E-state index contributed by atoms with van der Waals surface area (Å²) in [6, 6.07) is 3.81. The molecule has 2 atom stereocenters. The highest BCUT2D eigenvalue weighted by Gasteiger charge is 2.20. The molecule has 1 rings (SSSR count). The van der Waals surface area contributed by atoms with E-state index in [2.05, 4.69) is 0 Å². The summed E-state index contributed by atoms with van der Waals surface area (Å²) >= 11 is 7.47. The minimum Gasteiger partial charge on any atom is -0.382 e. The van der Waals surface area contributed by atoms with Crippen LogP contribution in [0.3, 0.4) is 0 Å². The molecule has 0 amide bonds. The molecule has 1 aromatic rings. The van der Waals surface area contributed by atoms with Crippen molar-refractivity contribution < 1.29 is 14.2 Å². The van der Waals surface area contributed by atoms with Gasteiger partial charge in [0.25, 0.3) is 0 Å². The van der Waals surface area contributed by atoms with E-state index in [4.69, 9.17) is 31.5 Å². The molecule has 0 aliphatic heterocycles. The predicted molar refractivity (Wildman–Crippen MR) is 79.0 cm³/mol. The molecule has 0 aliphatic rings. The largest absolute Gasteiger partial charge is 0.382 e. The summed E-state index contributed by atoms with van der Waals surface area (Å²) < 4.78 is 16.9. The predicted octanol–water partition coefficient (Wildman–Crippen LogP) is 2.86. The van der Waals surface area contributed by atoms with Crippen molar-refractivity contribution >= 4 is 22.9 Å². The fourth-order valence-corrected chi connectivity index (χ4v) is 2.78. The lowest BCUT2D eigenvalue weighted by molar-refractivity contribution is -0.0152. The summed E-state index contributed by atoms with van der Waals surface area (Å²) in [4.78, 5) is 1.07. The lowest BCUT2D eigenvalue weighted by Crippen LogP contribution is -2.30. The summed E-state index contributed by atoms with van der Waals surface area (Å²) in [6.07, 6.45) is 0.735. The van der Waals surface area contributed by atoms with E-state index in [1.807, 2.05) is 19.1 Å². The fourth-order valence-electron chi connectivity index (χ4n) is 1.59. The van der Waals surface area contributed by atoms with E-state index >= 15 is 0 Å². The van der Waals surface area contributed by atoms with Crippen molar-refractivity contribution in [2.75, 3.05) is 33.5 Å². The zero-order chi connectivity index (χ0) is 14.1. The van der Waals surface area contributed by atoms with Crippen LogP contribution in [0.15, 0.2) is 12.1 Å². The average Bonchev–Trinajstić information content (AvgIpc) is 2.83. The quantitative estimate of drug-likeness (QED) is 0.675. The third-order valence-corrected chi connectivity index (χ3v) is 3.98. The molecule has 110 valence electrons. The number of rotatable bonds is 10. The minimum atomic E-state index is -0.117. The van der Waals surface area contributed by atoms with Gasteiger partial charge in [0.1, 0.15) is 6.10 Å². The molecule has 6 heteroatoms. The Labute approximate surface area is 123 Å². The first kappa shape index (κ1) is 16.9. The molecule has 4 nitrogen and oxygen atoms in total. The SMILES string of the molecule is CCC(N)C(OCCOCCOC)c1ccc(Cl)s1. The molecule has 0 aliphatic carbocycles. The van der Waals surface area contributed by atoms with Crippen LogP contribution >= 0.6 is 22.9 Å². The molecular weight excluding hydrogens is 286 g/mol. The molecule has 0 spiro atoms. The van der Waals surface area contributed by atoms with E-state index in [0.717, 1.165) is 15.6 Å². The second-order valence-corrected chi connectivity index (χ2v) is 5.86. The van der Waals surface area contributed by atoms with E-state index in [-0.39, 0.29) is 12.1 Å². The third-order valence-electron chi connectivity index (χ3n) is 2.69. The smallest absolute Gasteiger partial charge is 0.107 e. The van der Waals surface area contributed by atoms with Crippen LogP contribution in [-0.4, -0.2) is 39.6 Å². The summed E-state index contributed by atoms with van der Waals surface area (Å²) in [5.74, 6) is 0. The van der Waals surface area contributed by atoms with Gasteiger partial charge in [-0.25, -0.2) is 0 Å². The molecule has 0 saturated heterocycles. The Morgan fingerprint density at radius 1 is 1.26 bits per heavy atom. The Hall–Kier alpha value is -0.170. The molecule has 0 aromatic carbocycles. The van der Waals surface area contributed by atoms with Crippen molar-refractivity contribution in [2.45, 2.75) is 25.5 Å². The molecule has 0 fully saturated rings. The highest BCUT2D eigenvalue weighted by atomic mass is 35.5. The molecule has 1 aromatic heterocycles. The number of halogens is 1. The van der Waals surface area contributed by atoms with Gasteiger partial charge in [0, 0.05) is 18.0 Å². The fraction of sp³-hybridized carbons (Fsp3) is 0.692. The topological polar surface area (TPSA) is 53.7 Å². The van der Waals surface area contributed by atoms with Gasteiger partial charge >= 0.3 is 0 Å². The van der Waals surface area contributed by atoms with Gasteiger partial charge in [-0.1, -0.05) is 18.5 Å². The van der Waals surface area contributed by atoms with Gasteiger partial charge in [0.05, 0.1) is 30.8 Å². The number of ether oxygens (including phenoxy) is 3. The van der Waals surface area contributed by atoms with Crippen LogP contribution in [0.4, 0.5) is 0 Å².